The number of carbonyl (C=O) groups is 2. The minimum absolute atomic E-state index is 0.0144. The van der Waals surface area contributed by atoms with Gasteiger partial charge in [-0.1, -0.05) is 19.9 Å². The van der Waals surface area contributed by atoms with E-state index in [4.69, 9.17) is 5.73 Å². The van der Waals surface area contributed by atoms with E-state index >= 15 is 0 Å². The van der Waals surface area contributed by atoms with Crippen molar-refractivity contribution in [2.75, 3.05) is 11.9 Å². The topological polar surface area (TPSA) is 102 Å². The quantitative estimate of drug-likeness (QED) is 0.740. The number of nitrogens with two attached hydrogens (primary N) is 1. The summed E-state index contributed by atoms with van der Waals surface area (Å²) in [6.45, 7) is 7.49. The summed E-state index contributed by atoms with van der Waals surface area (Å²) >= 11 is 0. The third kappa shape index (κ3) is 4.90. The number of nitrogens with zero attached hydrogens (tertiary/aromatic N) is 2. The summed E-state index contributed by atoms with van der Waals surface area (Å²) in [7, 11) is 0. The van der Waals surface area contributed by atoms with E-state index in [-0.39, 0.29) is 24.3 Å². The van der Waals surface area contributed by atoms with E-state index in [1.807, 2.05) is 56.6 Å². The second kappa shape index (κ2) is 7.94. The monoisotopic (exact) mass is 343 g/mol. The molecule has 1 aromatic carbocycles. The molecule has 2 amide bonds. The van der Waals surface area contributed by atoms with Crippen molar-refractivity contribution in [1.29, 1.82) is 0 Å². The molecule has 1 heterocycles. The lowest BCUT2D eigenvalue weighted by molar-refractivity contribution is -0.125. The van der Waals surface area contributed by atoms with Crippen LogP contribution in [-0.2, 0) is 9.59 Å². The van der Waals surface area contributed by atoms with Gasteiger partial charge in [-0.2, -0.15) is 5.10 Å². The molecule has 0 radical (unpaired) electrons. The minimum atomic E-state index is -0.623. The van der Waals surface area contributed by atoms with Gasteiger partial charge < -0.3 is 16.4 Å². The first-order valence-electron chi connectivity index (χ1n) is 8.24. The van der Waals surface area contributed by atoms with E-state index in [2.05, 4.69) is 15.7 Å². The molecule has 0 fully saturated rings. The predicted molar refractivity (Wildman–Crippen MR) is 97.5 cm³/mol. The largest absolute Gasteiger partial charge is 0.346 e. The number of nitrogens with one attached hydrogen (secondary N) is 2. The molecule has 25 heavy (non-hydrogen) atoms. The Morgan fingerprint density at radius 3 is 2.56 bits per heavy atom. The van der Waals surface area contributed by atoms with Crippen molar-refractivity contribution in [3.63, 3.8) is 0 Å². The van der Waals surface area contributed by atoms with Gasteiger partial charge in [0.05, 0.1) is 24.0 Å². The Balaban J connectivity index is 1.99. The van der Waals surface area contributed by atoms with Gasteiger partial charge in [0.1, 0.15) is 0 Å². The highest BCUT2D eigenvalue weighted by Gasteiger charge is 2.17. The van der Waals surface area contributed by atoms with Crippen LogP contribution in [0.25, 0.3) is 5.69 Å². The van der Waals surface area contributed by atoms with Gasteiger partial charge in [0, 0.05) is 11.4 Å². The lowest BCUT2D eigenvalue weighted by Crippen LogP contribution is -2.46. The van der Waals surface area contributed by atoms with Crippen molar-refractivity contribution < 1.29 is 9.59 Å². The molecule has 0 aliphatic heterocycles. The first-order valence-corrected chi connectivity index (χ1v) is 8.24. The molecule has 134 valence electrons. The Bertz CT molecular complexity index is 767. The van der Waals surface area contributed by atoms with Crippen molar-refractivity contribution in [3.05, 3.63) is 41.7 Å². The third-order valence-corrected chi connectivity index (χ3v) is 3.83. The SMILES string of the molecule is Cc1cc(C)n(-c2cccc(NC(=O)CNC(=O)[C@@H](N)C(C)C)c2)n1. The Morgan fingerprint density at radius 1 is 1.24 bits per heavy atom. The Kier molecular flexibility index (Phi) is 5.93. The molecule has 2 aromatic rings. The first-order chi connectivity index (χ1) is 11.8. The highest BCUT2D eigenvalue weighted by atomic mass is 16.2. The van der Waals surface area contributed by atoms with E-state index in [0.717, 1.165) is 17.1 Å². The summed E-state index contributed by atoms with van der Waals surface area (Å²) < 4.78 is 1.81. The molecule has 2 rings (SSSR count). The van der Waals surface area contributed by atoms with Crippen molar-refractivity contribution in [1.82, 2.24) is 15.1 Å². The van der Waals surface area contributed by atoms with Crippen molar-refractivity contribution >= 4 is 17.5 Å². The van der Waals surface area contributed by atoms with Crippen LogP contribution in [0.15, 0.2) is 30.3 Å². The average Bonchev–Trinajstić information content (AvgIpc) is 2.90. The summed E-state index contributed by atoms with van der Waals surface area (Å²) in [6.07, 6.45) is 0. The number of carbonyl (C=O) groups excluding carboxylic acids is 2. The first kappa shape index (κ1) is 18.7. The number of amides is 2. The molecule has 7 heteroatoms. The van der Waals surface area contributed by atoms with Crippen LogP contribution >= 0.6 is 0 Å². The lowest BCUT2D eigenvalue weighted by atomic mass is 10.1. The van der Waals surface area contributed by atoms with Crippen LogP contribution in [0.2, 0.25) is 0 Å². The number of rotatable bonds is 6. The molecule has 0 spiro atoms. The molecule has 4 N–H and O–H groups in total. The maximum absolute atomic E-state index is 12.0. The minimum Gasteiger partial charge on any atom is -0.346 e. The summed E-state index contributed by atoms with van der Waals surface area (Å²) in [5, 5.41) is 9.74. The molecular formula is C18H25N5O2. The van der Waals surface area contributed by atoms with Gasteiger partial charge in [-0.05, 0) is 44.0 Å². The van der Waals surface area contributed by atoms with Crippen molar-refractivity contribution in [3.8, 4) is 5.69 Å². The Morgan fingerprint density at radius 2 is 1.96 bits per heavy atom. The van der Waals surface area contributed by atoms with Gasteiger partial charge in [-0.3, -0.25) is 9.59 Å². The van der Waals surface area contributed by atoms with Gasteiger partial charge in [-0.25, -0.2) is 4.68 Å². The highest BCUT2D eigenvalue weighted by molar-refractivity contribution is 5.95. The van der Waals surface area contributed by atoms with E-state index in [1.54, 1.807) is 6.07 Å². The van der Waals surface area contributed by atoms with Crippen LogP contribution in [0.5, 0.6) is 0 Å². The summed E-state index contributed by atoms with van der Waals surface area (Å²) in [4.78, 5) is 23.8. The van der Waals surface area contributed by atoms with Crippen LogP contribution in [-0.4, -0.2) is 34.2 Å². The van der Waals surface area contributed by atoms with Crippen LogP contribution in [0.3, 0.4) is 0 Å². The molecular weight excluding hydrogens is 318 g/mol. The maximum atomic E-state index is 12.0. The second-order valence-corrected chi connectivity index (χ2v) is 6.43. The zero-order valence-corrected chi connectivity index (χ0v) is 15.0. The smallest absolute Gasteiger partial charge is 0.243 e. The molecule has 1 atom stereocenters. The van der Waals surface area contributed by atoms with Gasteiger partial charge in [-0.15, -0.1) is 0 Å². The normalized spacial score (nSPS) is 12.1. The lowest BCUT2D eigenvalue weighted by Gasteiger charge is -2.15. The standard InChI is InChI=1S/C18H25N5O2/c1-11(2)17(19)18(25)20-10-16(24)21-14-6-5-7-15(9-14)23-13(4)8-12(3)22-23/h5-9,11,17H,10,19H2,1-4H3,(H,20,25)(H,21,24)/t17-/m0/s1. The fourth-order valence-corrected chi connectivity index (χ4v) is 2.40. The Labute approximate surface area is 147 Å². The number of anilines is 1. The number of hydrogen-bond acceptors (Lipinski definition) is 4. The van der Waals surface area contributed by atoms with E-state index < -0.39 is 6.04 Å². The second-order valence-electron chi connectivity index (χ2n) is 6.43. The number of hydrogen-bond donors (Lipinski definition) is 3. The van der Waals surface area contributed by atoms with E-state index in [0.29, 0.717) is 5.69 Å². The molecule has 0 aliphatic carbocycles. The van der Waals surface area contributed by atoms with Gasteiger partial charge in [0.2, 0.25) is 11.8 Å². The van der Waals surface area contributed by atoms with Crippen molar-refractivity contribution in [2.45, 2.75) is 33.7 Å². The molecule has 0 unspecified atom stereocenters. The fourth-order valence-electron chi connectivity index (χ4n) is 2.40. The fraction of sp³-hybridized carbons (Fsp3) is 0.389. The van der Waals surface area contributed by atoms with Gasteiger partial charge in [0.25, 0.3) is 0 Å². The number of aromatic nitrogens is 2. The summed E-state index contributed by atoms with van der Waals surface area (Å²) in [5.41, 5.74) is 9.18. The summed E-state index contributed by atoms with van der Waals surface area (Å²) in [5.74, 6) is -0.628. The van der Waals surface area contributed by atoms with Crippen molar-refractivity contribution in [2.24, 2.45) is 11.7 Å². The molecule has 7 nitrogen and oxygen atoms in total. The maximum Gasteiger partial charge on any atom is 0.243 e. The molecule has 0 aliphatic rings. The molecule has 0 saturated heterocycles. The highest BCUT2D eigenvalue weighted by Crippen LogP contribution is 2.16. The van der Waals surface area contributed by atoms with Crippen LogP contribution in [0, 0.1) is 19.8 Å². The molecule has 1 aromatic heterocycles. The van der Waals surface area contributed by atoms with Crippen LogP contribution < -0.4 is 16.4 Å². The van der Waals surface area contributed by atoms with Crippen LogP contribution in [0.4, 0.5) is 5.69 Å². The van der Waals surface area contributed by atoms with E-state index in [9.17, 15) is 9.59 Å². The van der Waals surface area contributed by atoms with Gasteiger partial charge in [0.15, 0.2) is 0 Å². The molecule has 0 saturated carbocycles. The summed E-state index contributed by atoms with van der Waals surface area (Å²) in [6, 6.07) is 8.74. The predicted octanol–water partition coefficient (Wildman–Crippen LogP) is 1.53. The Hall–Kier alpha value is -2.67. The number of aryl methyl sites for hydroxylation is 2. The number of benzene rings is 1. The molecule has 0 bridgehead atoms. The average molecular weight is 343 g/mol. The third-order valence-electron chi connectivity index (χ3n) is 3.83. The van der Waals surface area contributed by atoms with Gasteiger partial charge >= 0.3 is 0 Å². The van der Waals surface area contributed by atoms with E-state index in [1.165, 1.54) is 0 Å². The zero-order chi connectivity index (χ0) is 18.6. The zero-order valence-electron chi connectivity index (χ0n) is 15.0. The van der Waals surface area contributed by atoms with Crippen LogP contribution in [0.1, 0.15) is 25.2 Å².